The first kappa shape index (κ1) is 63.6. The van der Waals surface area contributed by atoms with Crippen molar-refractivity contribution in [1.82, 2.24) is 0 Å². The molecule has 386 valence electrons. The van der Waals surface area contributed by atoms with Gasteiger partial charge in [0.1, 0.15) is 13.2 Å². The maximum Gasteiger partial charge on any atom is 0.306 e. The number of allylic oxidation sites excluding steroid dienone is 6. The third-order valence-electron chi connectivity index (χ3n) is 12.9. The Labute approximate surface area is 410 Å². The van der Waals surface area contributed by atoms with E-state index in [1.54, 1.807) is 0 Å². The fourth-order valence-corrected chi connectivity index (χ4v) is 8.47. The van der Waals surface area contributed by atoms with E-state index >= 15 is 0 Å². The van der Waals surface area contributed by atoms with E-state index in [0.29, 0.717) is 19.3 Å². The monoisotopic (exact) mass is 927 g/mol. The topological polar surface area (TPSA) is 78.9 Å². The highest BCUT2D eigenvalue weighted by atomic mass is 16.6. The van der Waals surface area contributed by atoms with Crippen molar-refractivity contribution in [2.24, 2.45) is 0 Å². The zero-order valence-corrected chi connectivity index (χ0v) is 44.2. The van der Waals surface area contributed by atoms with Crippen molar-refractivity contribution in [3.8, 4) is 0 Å². The molecule has 0 aliphatic rings. The van der Waals surface area contributed by atoms with E-state index < -0.39 is 6.10 Å². The molecule has 0 amide bonds. The summed E-state index contributed by atoms with van der Waals surface area (Å²) in [5.74, 6) is -0.863. The van der Waals surface area contributed by atoms with Crippen molar-refractivity contribution in [2.45, 2.75) is 316 Å². The number of hydrogen-bond donors (Lipinski definition) is 0. The van der Waals surface area contributed by atoms with Crippen LogP contribution in [-0.4, -0.2) is 37.2 Å². The summed E-state index contributed by atoms with van der Waals surface area (Å²) in [6, 6.07) is 0. The molecule has 1 atom stereocenters. The van der Waals surface area contributed by atoms with Gasteiger partial charge in [0.15, 0.2) is 6.10 Å². The first-order valence-corrected chi connectivity index (χ1v) is 29.0. The van der Waals surface area contributed by atoms with Crippen molar-refractivity contribution in [3.63, 3.8) is 0 Å². The Morgan fingerprint density at radius 1 is 0.303 bits per heavy atom. The molecule has 0 unspecified atom stereocenters. The Hall–Kier alpha value is -2.37. The summed E-state index contributed by atoms with van der Waals surface area (Å²) in [6.07, 6.45) is 65.5. The van der Waals surface area contributed by atoms with Gasteiger partial charge in [-0.25, -0.2) is 0 Å². The molecule has 0 radical (unpaired) electrons. The Kier molecular flexibility index (Phi) is 53.2. The molecule has 0 spiro atoms. The van der Waals surface area contributed by atoms with Crippen LogP contribution in [-0.2, 0) is 28.6 Å². The lowest BCUT2D eigenvalue weighted by molar-refractivity contribution is -0.167. The normalized spacial score (nSPS) is 12.2. The molecular weight excluding hydrogens is 817 g/mol. The first-order chi connectivity index (χ1) is 32.5. The van der Waals surface area contributed by atoms with E-state index in [1.807, 2.05) is 0 Å². The van der Waals surface area contributed by atoms with Crippen LogP contribution in [0.3, 0.4) is 0 Å². The average molecular weight is 928 g/mol. The maximum absolute atomic E-state index is 12.8. The lowest BCUT2D eigenvalue weighted by atomic mass is 10.0. The summed E-state index contributed by atoms with van der Waals surface area (Å²) < 4.78 is 16.9. The van der Waals surface area contributed by atoms with Crippen LogP contribution in [0.5, 0.6) is 0 Å². The number of ether oxygens (including phenoxy) is 3. The zero-order valence-electron chi connectivity index (χ0n) is 44.2. The van der Waals surface area contributed by atoms with E-state index in [-0.39, 0.29) is 31.1 Å². The number of rotatable bonds is 53. The predicted molar refractivity (Wildman–Crippen MR) is 284 cm³/mol. The highest BCUT2D eigenvalue weighted by Crippen LogP contribution is 2.16. The van der Waals surface area contributed by atoms with Crippen LogP contribution >= 0.6 is 0 Å². The quantitative estimate of drug-likeness (QED) is 0.0262. The van der Waals surface area contributed by atoms with Crippen molar-refractivity contribution in [3.05, 3.63) is 36.5 Å². The summed E-state index contributed by atoms with van der Waals surface area (Å²) in [7, 11) is 0. The zero-order chi connectivity index (χ0) is 47.9. The van der Waals surface area contributed by atoms with Crippen molar-refractivity contribution in [1.29, 1.82) is 0 Å². The summed E-state index contributed by atoms with van der Waals surface area (Å²) in [5.41, 5.74) is 0. The molecule has 0 fully saturated rings. The molecule has 0 aliphatic carbocycles. The van der Waals surface area contributed by atoms with Crippen LogP contribution in [0.15, 0.2) is 36.5 Å². The molecule has 0 aliphatic heterocycles. The average Bonchev–Trinajstić information content (AvgIpc) is 3.31. The van der Waals surface area contributed by atoms with Gasteiger partial charge in [0, 0.05) is 19.3 Å². The minimum Gasteiger partial charge on any atom is -0.462 e. The molecule has 0 rings (SSSR count). The lowest BCUT2D eigenvalue weighted by Gasteiger charge is -2.18. The third-order valence-corrected chi connectivity index (χ3v) is 12.9. The van der Waals surface area contributed by atoms with Crippen molar-refractivity contribution >= 4 is 17.9 Å². The molecule has 0 aromatic heterocycles. The van der Waals surface area contributed by atoms with E-state index in [2.05, 4.69) is 57.2 Å². The number of unbranched alkanes of at least 4 members (excludes halogenated alkanes) is 36. The Morgan fingerprint density at radius 2 is 0.545 bits per heavy atom. The van der Waals surface area contributed by atoms with Crippen LogP contribution in [0.2, 0.25) is 0 Å². The highest BCUT2D eigenvalue weighted by molar-refractivity contribution is 5.71. The molecule has 0 heterocycles. The summed E-state index contributed by atoms with van der Waals surface area (Å²) in [5, 5.41) is 0. The second-order valence-corrected chi connectivity index (χ2v) is 19.6. The largest absolute Gasteiger partial charge is 0.462 e. The molecule has 0 saturated heterocycles. The third kappa shape index (κ3) is 52.6. The molecule has 0 bridgehead atoms. The maximum atomic E-state index is 12.8. The molecule has 6 nitrogen and oxygen atoms in total. The second-order valence-electron chi connectivity index (χ2n) is 19.6. The Bertz CT molecular complexity index is 1110. The van der Waals surface area contributed by atoms with Crippen molar-refractivity contribution in [2.75, 3.05) is 13.2 Å². The van der Waals surface area contributed by atoms with Gasteiger partial charge in [-0.3, -0.25) is 14.4 Å². The second kappa shape index (κ2) is 55.2. The van der Waals surface area contributed by atoms with Gasteiger partial charge in [-0.15, -0.1) is 0 Å². The standard InChI is InChI=1S/C60H110O6/c1-4-7-10-13-16-19-22-25-28-29-30-31-33-35-38-41-44-47-50-53-59(62)65-56-57(55-64-58(61)52-49-46-43-40-37-34-27-24-21-18-15-12-9-6-3)66-60(63)54-51-48-45-42-39-36-32-26-23-20-17-14-11-8-5-2/h16,19-20,23,25,28,57H,4-15,17-18,21-22,24,26-27,29-56H2,1-3H3/b19-16+,23-20+,28-25+/t57-/m1/s1. The molecule has 0 saturated carbocycles. The van der Waals surface area contributed by atoms with Crippen LogP contribution in [0, 0.1) is 0 Å². The van der Waals surface area contributed by atoms with Gasteiger partial charge in [-0.2, -0.15) is 0 Å². The van der Waals surface area contributed by atoms with Gasteiger partial charge in [-0.1, -0.05) is 250 Å². The molecule has 0 N–H and O–H groups in total. The Balaban J connectivity index is 4.33. The number of carbonyl (C=O) groups excluding carboxylic acids is 3. The van der Waals surface area contributed by atoms with Crippen molar-refractivity contribution < 1.29 is 28.6 Å². The smallest absolute Gasteiger partial charge is 0.306 e. The van der Waals surface area contributed by atoms with Gasteiger partial charge in [0.05, 0.1) is 0 Å². The van der Waals surface area contributed by atoms with E-state index in [4.69, 9.17) is 14.2 Å². The number of esters is 3. The fraction of sp³-hybridized carbons (Fsp3) is 0.850. The summed E-state index contributed by atoms with van der Waals surface area (Å²) in [4.78, 5) is 38.1. The predicted octanol–water partition coefficient (Wildman–Crippen LogP) is 19.3. The summed E-state index contributed by atoms with van der Waals surface area (Å²) >= 11 is 0. The minimum atomic E-state index is -0.773. The van der Waals surface area contributed by atoms with Gasteiger partial charge >= 0.3 is 17.9 Å². The fourth-order valence-electron chi connectivity index (χ4n) is 8.47. The van der Waals surface area contributed by atoms with E-state index in [1.165, 1.54) is 205 Å². The van der Waals surface area contributed by atoms with Crippen LogP contribution < -0.4 is 0 Å². The van der Waals surface area contributed by atoms with Gasteiger partial charge in [-0.05, 0) is 77.0 Å². The summed E-state index contributed by atoms with van der Waals surface area (Å²) in [6.45, 7) is 6.64. The molecule has 66 heavy (non-hydrogen) atoms. The van der Waals surface area contributed by atoms with E-state index in [9.17, 15) is 14.4 Å². The molecule has 6 heteroatoms. The SMILES string of the molecule is CCCCC/C=C/C/C=C/CCCCCCCCCCCC(=O)OC[C@@H](COC(=O)CCCCCCCCCCCCCCCC)OC(=O)CCCCCCCCC/C=C/CCCCCC. The minimum absolute atomic E-state index is 0.0714. The van der Waals surface area contributed by atoms with Gasteiger partial charge < -0.3 is 14.2 Å². The van der Waals surface area contributed by atoms with E-state index in [0.717, 1.165) is 64.2 Å². The van der Waals surface area contributed by atoms with Crippen LogP contribution in [0.4, 0.5) is 0 Å². The van der Waals surface area contributed by atoms with Gasteiger partial charge in [0.2, 0.25) is 0 Å². The van der Waals surface area contributed by atoms with Crippen LogP contribution in [0.25, 0.3) is 0 Å². The number of carbonyl (C=O) groups is 3. The lowest BCUT2D eigenvalue weighted by Crippen LogP contribution is -2.30. The van der Waals surface area contributed by atoms with Gasteiger partial charge in [0.25, 0.3) is 0 Å². The number of hydrogen-bond acceptors (Lipinski definition) is 6. The highest BCUT2D eigenvalue weighted by Gasteiger charge is 2.19. The molecule has 0 aromatic carbocycles. The first-order valence-electron chi connectivity index (χ1n) is 29.0. The Morgan fingerprint density at radius 3 is 0.894 bits per heavy atom. The molecule has 0 aromatic rings. The molecular formula is C60H110O6. The van der Waals surface area contributed by atoms with Crippen LogP contribution in [0.1, 0.15) is 310 Å².